The van der Waals surface area contributed by atoms with Crippen LogP contribution in [0.1, 0.15) is 40.2 Å². The Labute approximate surface area is 139 Å². The Kier molecular flexibility index (Phi) is 5.09. The van der Waals surface area contributed by atoms with Gasteiger partial charge in [-0.1, -0.05) is 26.8 Å². The molecule has 1 saturated heterocycles. The first-order valence-corrected chi connectivity index (χ1v) is 9.34. The predicted octanol–water partition coefficient (Wildman–Crippen LogP) is 2.79. The number of rotatable bonds is 3. The fourth-order valence-corrected chi connectivity index (χ4v) is 4.58. The van der Waals surface area contributed by atoms with Crippen molar-refractivity contribution in [1.29, 1.82) is 0 Å². The van der Waals surface area contributed by atoms with Crippen molar-refractivity contribution in [2.75, 3.05) is 20.2 Å². The van der Waals surface area contributed by atoms with Gasteiger partial charge in [0.1, 0.15) is 10.6 Å². The maximum atomic E-state index is 13.1. The van der Waals surface area contributed by atoms with Crippen LogP contribution >= 0.6 is 0 Å². The SMILES string of the molecule is COc1ccc(C(C)(C)C)cc1S(=O)(=O)N1C[C@H](C)O[C@@H](C)C1. The predicted molar refractivity (Wildman–Crippen MR) is 90.5 cm³/mol. The number of hydrogen-bond donors (Lipinski definition) is 0. The molecule has 0 bridgehead atoms. The molecule has 1 heterocycles. The molecule has 0 aliphatic carbocycles. The summed E-state index contributed by atoms with van der Waals surface area (Å²) in [5.41, 5.74) is 0.827. The van der Waals surface area contributed by atoms with Crippen LogP contribution in [-0.4, -0.2) is 45.1 Å². The lowest BCUT2D eigenvalue weighted by Gasteiger charge is -2.34. The van der Waals surface area contributed by atoms with Crippen LogP contribution in [0, 0.1) is 0 Å². The summed E-state index contributed by atoms with van der Waals surface area (Å²) in [7, 11) is -2.13. The second kappa shape index (κ2) is 6.42. The molecule has 2 atom stereocenters. The van der Waals surface area contributed by atoms with Crippen molar-refractivity contribution in [3.8, 4) is 5.75 Å². The van der Waals surface area contributed by atoms with Crippen molar-refractivity contribution in [1.82, 2.24) is 4.31 Å². The van der Waals surface area contributed by atoms with Gasteiger partial charge in [0.05, 0.1) is 19.3 Å². The van der Waals surface area contributed by atoms with E-state index in [0.29, 0.717) is 18.8 Å². The Morgan fingerprint density at radius 3 is 2.22 bits per heavy atom. The zero-order valence-corrected chi connectivity index (χ0v) is 15.6. The Hall–Kier alpha value is -1.11. The molecule has 0 saturated carbocycles. The molecular weight excluding hydrogens is 314 g/mol. The highest BCUT2D eigenvalue weighted by molar-refractivity contribution is 7.89. The normalized spacial score (nSPS) is 23.7. The standard InChI is InChI=1S/C17H27NO4S/c1-12-10-18(11-13(2)22-12)23(19,20)16-9-14(17(3,4)5)7-8-15(16)21-6/h7-9,12-13H,10-11H2,1-6H3/t12-,13-/m0/s1. The van der Waals surface area contributed by atoms with Gasteiger partial charge in [-0.25, -0.2) is 8.42 Å². The molecule has 1 aromatic carbocycles. The summed E-state index contributed by atoms with van der Waals surface area (Å²) in [6.07, 6.45) is -0.240. The monoisotopic (exact) mass is 341 g/mol. The molecule has 0 radical (unpaired) electrons. The molecule has 23 heavy (non-hydrogen) atoms. The summed E-state index contributed by atoms with van der Waals surface area (Å²) in [4.78, 5) is 0.230. The van der Waals surface area contributed by atoms with Crippen LogP contribution in [-0.2, 0) is 20.2 Å². The number of methoxy groups -OCH3 is 1. The Morgan fingerprint density at radius 1 is 1.17 bits per heavy atom. The zero-order valence-electron chi connectivity index (χ0n) is 14.8. The summed E-state index contributed by atoms with van der Waals surface area (Å²) < 4.78 is 38.7. The first-order chi connectivity index (χ1) is 10.6. The van der Waals surface area contributed by atoms with Crippen molar-refractivity contribution < 1.29 is 17.9 Å². The quantitative estimate of drug-likeness (QED) is 0.848. The van der Waals surface area contributed by atoms with E-state index >= 15 is 0 Å². The lowest BCUT2D eigenvalue weighted by molar-refractivity contribution is -0.0441. The molecule has 1 fully saturated rings. The minimum atomic E-state index is -3.63. The molecular formula is C17H27NO4S. The highest BCUT2D eigenvalue weighted by Crippen LogP contribution is 2.33. The van der Waals surface area contributed by atoms with Gasteiger partial charge in [0, 0.05) is 13.1 Å². The summed E-state index contributed by atoms with van der Waals surface area (Å²) >= 11 is 0. The van der Waals surface area contributed by atoms with Gasteiger partial charge < -0.3 is 9.47 Å². The van der Waals surface area contributed by atoms with Crippen molar-refractivity contribution in [3.63, 3.8) is 0 Å². The van der Waals surface area contributed by atoms with Gasteiger partial charge in [-0.15, -0.1) is 0 Å². The van der Waals surface area contributed by atoms with E-state index in [1.807, 2.05) is 19.9 Å². The number of nitrogens with zero attached hydrogens (tertiary/aromatic N) is 1. The first-order valence-electron chi connectivity index (χ1n) is 7.90. The van der Waals surface area contributed by atoms with Gasteiger partial charge in [-0.2, -0.15) is 4.31 Å². The summed E-state index contributed by atoms with van der Waals surface area (Å²) in [6, 6.07) is 5.39. The molecule has 0 N–H and O–H groups in total. The van der Waals surface area contributed by atoms with Crippen LogP contribution in [0.2, 0.25) is 0 Å². The van der Waals surface area contributed by atoms with Gasteiger partial charge in [0.15, 0.2) is 0 Å². The van der Waals surface area contributed by atoms with E-state index in [-0.39, 0.29) is 22.5 Å². The molecule has 0 aromatic heterocycles. The molecule has 130 valence electrons. The number of sulfonamides is 1. The molecule has 2 rings (SSSR count). The Morgan fingerprint density at radius 2 is 1.74 bits per heavy atom. The van der Waals surface area contributed by atoms with E-state index in [9.17, 15) is 8.42 Å². The van der Waals surface area contributed by atoms with Gasteiger partial charge in [-0.3, -0.25) is 0 Å². The van der Waals surface area contributed by atoms with Gasteiger partial charge >= 0.3 is 0 Å². The van der Waals surface area contributed by atoms with Crippen LogP contribution in [0.25, 0.3) is 0 Å². The van der Waals surface area contributed by atoms with Crippen LogP contribution in [0.4, 0.5) is 0 Å². The van der Waals surface area contributed by atoms with E-state index < -0.39 is 10.0 Å². The van der Waals surface area contributed by atoms with Gasteiger partial charge in [0.25, 0.3) is 0 Å². The van der Waals surface area contributed by atoms with Crippen molar-refractivity contribution >= 4 is 10.0 Å². The highest BCUT2D eigenvalue weighted by Gasteiger charge is 2.34. The molecule has 0 amide bonds. The molecule has 0 unspecified atom stereocenters. The second-order valence-corrected chi connectivity index (χ2v) is 9.10. The molecule has 1 aliphatic heterocycles. The smallest absolute Gasteiger partial charge is 0.246 e. The molecule has 0 spiro atoms. The van der Waals surface area contributed by atoms with E-state index in [1.54, 1.807) is 12.1 Å². The largest absolute Gasteiger partial charge is 0.495 e. The first kappa shape index (κ1) is 18.2. The van der Waals surface area contributed by atoms with Crippen LogP contribution < -0.4 is 4.74 Å². The number of hydrogen-bond acceptors (Lipinski definition) is 4. The lowest BCUT2D eigenvalue weighted by atomic mass is 9.87. The zero-order chi connectivity index (χ0) is 17.4. The van der Waals surface area contributed by atoms with Crippen LogP contribution in [0.3, 0.4) is 0 Å². The third-order valence-corrected chi connectivity index (χ3v) is 5.89. The topological polar surface area (TPSA) is 55.8 Å². The van der Waals surface area contributed by atoms with Gasteiger partial charge in [-0.05, 0) is 37.0 Å². The fraction of sp³-hybridized carbons (Fsp3) is 0.647. The van der Waals surface area contributed by atoms with E-state index in [0.717, 1.165) is 5.56 Å². The molecule has 6 heteroatoms. The average Bonchev–Trinajstić information content (AvgIpc) is 2.44. The van der Waals surface area contributed by atoms with Crippen LogP contribution in [0.5, 0.6) is 5.75 Å². The van der Waals surface area contributed by atoms with Crippen molar-refractivity contribution in [2.24, 2.45) is 0 Å². The highest BCUT2D eigenvalue weighted by atomic mass is 32.2. The molecule has 1 aliphatic rings. The van der Waals surface area contributed by atoms with Crippen molar-refractivity contribution in [2.45, 2.75) is 57.1 Å². The van der Waals surface area contributed by atoms with Gasteiger partial charge in [0.2, 0.25) is 10.0 Å². The Bertz CT molecular complexity index is 654. The number of benzene rings is 1. The number of morpholine rings is 1. The minimum Gasteiger partial charge on any atom is -0.495 e. The van der Waals surface area contributed by atoms with E-state index in [4.69, 9.17) is 9.47 Å². The third-order valence-electron chi connectivity index (χ3n) is 4.03. The maximum Gasteiger partial charge on any atom is 0.246 e. The van der Waals surface area contributed by atoms with E-state index in [2.05, 4.69) is 20.8 Å². The third kappa shape index (κ3) is 3.87. The minimum absolute atomic E-state index is 0.120. The van der Waals surface area contributed by atoms with E-state index in [1.165, 1.54) is 11.4 Å². The number of ether oxygens (including phenoxy) is 2. The van der Waals surface area contributed by atoms with Crippen LogP contribution in [0.15, 0.2) is 23.1 Å². The summed E-state index contributed by atoms with van der Waals surface area (Å²) in [6.45, 7) is 10.7. The summed E-state index contributed by atoms with van der Waals surface area (Å²) in [5, 5.41) is 0. The molecule has 1 aromatic rings. The fourth-order valence-electron chi connectivity index (χ4n) is 2.81. The summed E-state index contributed by atoms with van der Waals surface area (Å²) in [5.74, 6) is 0.379. The lowest BCUT2D eigenvalue weighted by Crippen LogP contribution is -2.48. The average molecular weight is 341 g/mol. The molecule has 5 nitrogen and oxygen atoms in total. The van der Waals surface area contributed by atoms with Crippen molar-refractivity contribution in [3.05, 3.63) is 23.8 Å². The second-order valence-electron chi connectivity index (χ2n) is 7.19. The maximum absolute atomic E-state index is 13.1. The Balaban J connectivity index is 2.49.